The highest BCUT2D eigenvalue weighted by atomic mass is 35.5. The number of rotatable bonds is 6. The Balaban J connectivity index is 1.48. The van der Waals surface area contributed by atoms with Crippen molar-refractivity contribution in [3.8, 4) is 0 Å². The third-order valence-corrected chi connectivity index (χ3v) is 5.61. The molecule has 2 heterocycles. The van der Waals surface area contributed by atoms with Crippen LogP contribution in [0.3, 0.4) is 0 Å². The number of hydrogen-bond acceptors (Lipinski definition) is 5. The quantitative estimate of drug-likeness (QED) is 0.673. The van der Waals surface area contributed by atoms with Crippen LogP contribution >= 0.6 is 11.6 Å². The van der Waals surface area contributed by atoms with Crippen LogP contribution in [-0.4, -0.2) is 45.4 Å². The second-order valence-corrected chi connectivity index (χ2v) is 7.56. The minimum atomic E-state index is -0.326. The average Bonchev–Trinajstić information content (AvgIpc) is 3.26. The number of amides is 1. The predicted octanol–water partition coefficient (Wildman–Crippen LogP) is 2.40. The lowest BCUT2D eigenvalue weighted by Gasteiger charge is -2.29. The molecular weight excluding hydrogens is 390 g/mol. The molecule has 3 aromatic rings. The van der Waals surface area contributed by atoms with Crippen molar-refractivity contribution in [2.45, 2.75) is 25.4 Å². The van der Waals surface area contributed by atoms with Crippen LogP contribution in [-0.2, 0) is 11.3 Å². The third kappa shape index (κ3) is 4.31. The second-order valence-electron chi connectivity index (χ2n) is 7.15. The van der Waals surface area contributed by atoms with Gasteiger partial charge in [0.2, 0.25) is 5.91 Å². The molecule has 1 aliphatic heterocycles. The molecule has 1 unspecified atom stereocenters. The molecule has 7 nitrogen and oxygen atoms in total. The topological polar surface area (TPSA) is 80.1 Å². The molecule has 4 rings (SSSR count). The van der Waals surface area contributed by atoms with E-state index in [-0.39, 0.29) is 24.1 Å². The monoisotopic (exact) mass is 411 g/mol. The molecule has 0 spiro atoms. The van der Waals surface area contributed by atoms with Gasteiger partial charge in [0.15, 0.2) is 0 Å². The molecule has 1 aliphatic rings. The molecule has 1 saturated heterocycles. The lowest BCUT2D eigenvalue weighted by atomic mass is 10.1. The first-order chi connectivity index (χ1) is 14.1. The van der Waals surface area contributed by atoms with Crippen LogP contribution < -0.4 is 10.9 Å². The zero-order valence-corrected chi connectivity index (χ0v) is 16.7. The Bertz CT molecular complexity index is 1080. The summed E-state index contributed by atoms with van der Waals surface area (Å²) in [7, 11) is 0. The molecule has 8 heteroatoms. The molecular formula is C21H22ClN5O2. The van der Waals surface area contributed by atoms with Crippen LogP contribution in [0.15, 0.2) is 53.3 Å². The zero-order valence-electron chi connectivity index (χ0n) is 15.9. The summed E-state index contributed by atoms with van der Waals surface area (Å²) in [5.41, 5.74) is 1.19. The first-order valence-electron chi connectivity index (χ1n) is 9.71. The minimum absolute atomic E-state index is 0.00504. The number of likely N-dealkylation sites (tertiary alicyclic amines) is 1. The molecule has 1 atom stereocenters. The summed E-state index contributed by atoms with van der Waals surface area (Å²) >= 11 is 6.42. The molecule has 0 radical (unpaired) electrons. The fourth-order valence-electron chi connectivity index (χ4n) is 3.76. The molecule has 150 valence electrons. The number of carbonyl (C=O) groups is 1. The van der Waals surface area contributed by atoms with E-state index in [1.54, 1.807) is 24.3 Å². The molecule has 0 bridgehead atoms. The van der Waals surface area contributed by atoms with Gasteiger partial charge in [-0.25, -0.2) is 4.68 Å². The normalized spacial score (nSPS) is 15.5. The van der Waals surface area contributed by atoms with E-state index in [2.05, 4.69) is 20.5 Å². The smallest absolute Gasteiger partial charge is 0.278 e. The van der Waals surface area contributed by atoms with Gasteiger partial charge in [-0.15, -0.1) is 5.10 Å². The van der Waals surface area contributed by atoms with E-state index >= 15 is 0 Å². The van der Waals surface area contributed by atoms with Crippen molar-refractivity contribution in [1.82, 2.24) is 25.2 Å². The highest BCUT2D eigenvalue weighted by Crippen LogP contribution is 2.29. The Labute approximate surface area is 173 Å². The van der Waals surface area contributed by atoms with E-state index in [1.165, 1.54) is 0 Å². The van der Waals surface area contributed by atoms with Crippen LogP contribution in [0.2, 0.25) is 5.02 Å². The lowest BCUT2D eigenvalue weighted by molar-refractivity contribution is -0.122. The molecule has 0 aliphatic carbocycles. The van der Waals surface area contributed by atoms with Gasteiger partial charge in [-0.1, -0.05) is 47.1 Å². The van der Waals surface area contributed by atoms with Crippen LogP contribution in [0.1, 0.15) is 24.4 Å². The van der Waals surface area contributed by atoms with Crippen molar-refractivity contribution in [1.29, 1.82) is 0 Å². The Morgan fingerprint density at radius 2 is 1.83 bits per heavy atom. The predicted molar refractivity (Wildman–Crippen MR) is 112 cm³/mol. The van der Waals surface area contributed by atoms with Gasteiger partial charge >= 0.3 is 0 Å². The molecule has 1 amide bonds. The number of nitrogens with one attached hydrogen (secondary N) is 1. The van der Waals surface area contributed by atoms with Crippen molar-refractivity contribution in [3.05, 3.63) is 69.5 Å². The summed E-state index contributed by atoms with van der Waals surface area (Å²) in [6.45, 7) is 2.19. The van der Waals surface area contributed by atoms with E-state index in [4.69, 9.17) is 11.6 Å². The highest BCUT2D eigenvalue weighted by Gasteiger charge is 2.25. The standard InChI is InChI=1S/C21H22ClN5O2/c22-17-9-3-1-7-15(17)19(26-11-5-6-12-26)13-23-20(28)14-27-21(29)16-8-2-4-10-18(16)24-25-27/h1-4,7-10,19H,5-6,11-14H2,(H,23,28). The van der Waals surface area contributed by atoms with Crippen LogP contribution in [0, 0.1) is 0 Å². The zero-order chi connectivity index (χ0) is 20.2. The minimum Gasteiger partial charge on any atom is -0.353 e. The summed E-state index contributed by atoms with van der Waals surface area (Å²) in [5, 5.41) is 12.0. The van der Waals surface area contributed by atoms with E-state index in [9.17, 15) is 9.59 Å². The molecule has 1 fully saturated rings. The van der Waals surface area contributed by atoms with E-state index < -0.39 is 0 Å². The maximum absolute atomic E-state index is 12.5. The number of benzene rings is 2. The first-order valence-corrected chi connectivity index (χ1v) is 10.1. The van der Waals surface area contributed by atoms with Gasteiger partial charge in [0.05, 0.1) is 11.4 Å². The van der Waals surface area contributed by atoms with Gasteiger partial charge in [0, 0.05) is 11.6 Å². The van der Waals surface area contributed by atoms with Crippen molar-refractivity contribution in [2.24, 2.45) is 0 Å². The third-order valence-electron chi connectivity index (χ3n) is 5.26. The molecule has 1 aromatic heterocycles. The van der Waals surface area contributed by atoms with Gasteiger partial charge in [-0.3, -0.25) is 14.5 Å². The van der Waals surface area contributed by atoms with E-state index in [0.29, 0.717) is 22.5 Å². The molecule has 0 saturated carbocycles. The van der Waals surface area contributed by atoms with Crippen molar-refractivity contribution >= 4 is 28.4 Å². The SMILES string of the molecule is O=C(Cn1nnc2ccccc2c1=O)NCC(c1ccccc1Cl)N1CCCC1. The molecule has 2 aromatic carbocycles. The van der Waals surface area contributed by atoms with Crippen LogP contribution in [0.4, 0.5) is 0 Å². The number of halogens is 1. The lowest BCUT2D eigenvalue weighted by Crippen LogP contribution is -2.40. The van der Waals surface area contributed by atoms with Gasteiger partial charge < -0.3 is 5.32 Å². The van der Waals surface area contributed by atoms with Crippen LogP contribution in [0.25, 0.3) is 10.9 Å². The number of aromatic nitrogens is 3. The fraction of sp³-hybridized carbons (Fsp3) is 0.333. The number of fused-ring (bicyclic) bond motifs is 1. The Kier molecular flexibility index (Phi) is 5.87. The summed E-state index contributed by atoms with van der Waals surface area (Å²) < 4.78 is 1.10. The Hall–Kier alpha value is -2.77. The van der Waals surface area contributed by atoms with Gasteiger partial charge in [0.1, 0.15) is 12.1 Å². The largest absolute Gasteiger partial charge is 0.353 e. The average molecular weight is 412 g/mol. The number of carbonyl (C=O) groups excluding carboxylic acids is 1. The van der Waals surface area contributed by atoms with Crippen molar-refractivity contribution in [3.63, 3.8) is 0 Å². The van der Waals surface area contributed by atoms with E-state index in [0.717, 1.165) is 36.2 Å². The fourth-order valence-corrected chi connectivity index (χ4v) is 4.03. The summed E-state index contributed by atoms with van der Waals surface area (Å²) in [4.78, 5) is 27.4. The molecule has 1 N–H and O–H groups in total. The Morgan fingerprint density at radius 1 is 1.10 bits per heavy atom. The highest BCUT2D eigenvalue weighted by molar-refractivity contribution is 6.31. The van der Waals surface area contributed by atoms with Crippen molar-refractivity contribution in [2.75, 3.05) is 19.6 Å². The van der Waals surface area contributed by atoms with Gasteiger partial charge in [0.25, 0.3) is 5.56 Å². The first kappa shape index (κ1) is 19.5. The summed E-state index contributed by atoms with van der Waals surface area (Å²) in [6, 6.07) is 14.7. The second kappa shape index (κ2) is 8.71. The summed E-state index contributed by atoms with van der Waals surface area (Å²) in [5.74, 6) is -0.284. The van der Waals surface area contributed by atoms with Crippen LogP contribution in [0.5, 0.6) is 0 Å². The maximum Gasteiger partial charge on any atom is 0.278 e. The van der Waals surface area contributed by atoms with Crippen molar-refractivity contribution < 1.29 is 4.79 Å². The van der Waals surface area contributed by atoms with Gasteiger partial charge in [-0.05, 0) is 49.7 Å². The number of hydrogen-bond donors (Lipinski definition) is 1. The Morgan fingerprint density at radius 3 is 2.62 bits per heavy atom. The molecule has 29 heavy (non-hydrogen) atoms. The summed E-state index contributed by atoms with van der Waals surface area (Å²) in [6.07, 6.45) is 2.27. The maximum atomic E-state index is 12.5. The number of nitrogens with zero attached hydrogens (tertiary/aromatic N) is 4. The van der Waals surface area contributed by atoms with E-state index in [1.807, 2.05) is 24.3 Å². The van der Waals surface area contributed by atoms with Gasteiger partial charge in [-0.2, -0.15) is 0 Å².